The summed E-state index contributed by atoms with van der Waals surface area (Å²) in [4.78, 5) is 22.7. The van der Waals surface area contributed by atoms with Crippen molar-refractivity contribution in [1.82, 2.24) is 4.90 Å². The lowest BCUT2D eigenvalue weighted by Gasteiger charge is -2.30. The third kappa shape index (κ3) is 3.77. The summed E-state index contributed by atoms with van der Waals surface area (Å²) in [5.41, 5.74) is 0. The third-order valence-corrected chi connectivity index (χ3v) is 2.73. The van der Waals surface area contributed by atoms with Crippen LogP contribution in [0.1, 0.15) is 19.3 Å². The minimum Gasteiger partial charge on any atom is -0.457 e. The average Bonchev–Trinajstić information content (AvgIpc) is 2.29. The minimum atomic E-state index is -0.258. The molecule has 0 spiro atoms. The first-order chi connectivity index (χ1) is 7.27. The molecule has 85 valence electrons. The van der Waals surface area contributed by atoms with Gasteiger partial charge in [0.15, 0.2) is 0 Å². The molecule has 1 heterocycles. The number of amides is 1. The molecule has 1 amide bonds. The molecule has 1 aliphatic heterocycles. The van der Waals surface area contributed by atoms with E-state index in [0.717, 1.165) is 32.4 Å². The number of methoxy groups -OCH3 is 1. The SMILES string of the molecule is COC(=O)N1CCC(CCO[C]=O)CC1. The molecule has 0 aromatic rings. The van der Waals surface area contributed by atoms with Gasteiger partial charge in [0.2, 0.25) is 0 Å². The van der Waals surface area contributed by atoms with E-state index in [0.29, 0.717) is 12.5 Å². The monoisotopic (exact) mass is 214 g/mol. The maximum absolute atomic E-state index is 11.2. The molecule has 0 unspecified atom stereocenters. The van der Waals surface area contributed by atoms with E-state index in [1.165, 1.54) is 13.6 Å². The Morgan fingerprint density at radius 1 is 1.47 bits per heavy atom. The van der Waals surface area contributed by atoms with Crippen LogP contribution in [0.4, 0.5) is 4.79 Å². The van der Waals surface area contributed by atoms with Crippen molar-refractivity contribution >= 4 is 12.6 Å². The Hall–Kier alpha value is -1.26. The number of piperidine rings is 1. The largest absolute Gasteiger partial charge is 0.457 e. The van der Waals surface area contributed by atoms with Gasteiger partial charge in [0, 0.05) is 13.1 Å². The molecule has 0 N–H and O–H groups in total. The quantitative estimate of drug-likeness (QED) is 0.653. The Morgan fingerprint density at radius 3 is 2.67 bits per heavy atom. The zero-order chi connectivity index (χ0) is 11.1. The number of nitrogens with zero attached hydrogens (tertiary/aromatic N) is 1. The molecule has 1 fully saturated rings. The van der Waals surface area contributed by atoms with Gasteiger partial charge < -0.3 is 14.4 Å². The highest BCUT2D eigenvalue weighted by Crippen LogP contribution is 2.20. The van der Waals surface area contributed by atoms with Crippen LogP contribution >= 0.6 is 0 Å². The summed E-state index contributed by atoms with van der Waals surface area (Å²) in [6.45, 7) is 3.28. The number of ether oxygens (including phenoxy) is 2. The van der Waals surface area contributed by atoms with Gasteiger partial charge in [-0.1, -0.05) is 0 Å². The number of likely N-dealkylation sites (tertiary alicyclic amines) is 1. The van der Waals surface area contributed by atoms with E-state index >= 15 is 0 Å². The maximum atomic E-state index is 11.2. The van der Waals surface area contributed by atoms with Crippen molar-refractivity contribution in [3.05, 3.63) is 0 Å². The predicted octanol–water partition coefficient (Wildman–Crippen LogP) is 0.939. The Morgan fingerprint density at radius 2 is 2.13 bits per heavy atom. The molecule has 0 aromatic carbocycles. The third-order valence-electron chi connectivity index (χ3n) is 2.73. The molecule has 0 atom stereocenters. The second kappa shape index (κ2) is 6.27. The molecule has 1 saturated heterocycles. The summed E-state index contributed by atoms with van der Waals surface area (Å²) in [5, 5.41) is 0. The van der Waals surface area contributed by atoms with Gasteiger partial charge in [-0.2, -0.15) is 0 Å². The molecule has 0 aliphatic carbocycles. The number of hydrogen-bond acceptors (Lipinski definition) is 4. The van der Waals surface area contributed by atoms with E-state index in [1.807, 2.05) is 0 Å². The highest BCUT2D eigenvalue weighted by Gasteiger charge is 2.22. The van der Waals surface area contributed by atoms with Gasteiger partial charge in [0.25, 0.3) is 0 Å². The molecule has 0 bridgehead atoms. The van der Waals surface area contributed by atoms with E-state index in [9.17, 15) is 9.59 Å². The van der Waals surface area contributed by atoms with Gasteiger partial charge in [0.1, 0.15) is 0 Å². The fraction of sp³-hybridized carbons (Fsp3) is 0.800. The molecule has 5 heteroatoms. The van der Waals surface area contributed by atoms with Crippen LogP contribution in [-0.4, -0.2) is 44.3 Å². The molecule has 15 heavy (non-hydrogen) atoms. The second-order valence-corrected chi connectivity index (χ2v) is 3.62. The summed E-state index contributed by atoms with van der Waals surface area (Å²) < 4.78 is 9.16. The number of carbonyl (C=O) groups is 1. The Bertz CT molecular complexity index is 211. The normalized spacial score (nSPS) is 17.3. The van der Waals surface area contributed by atoms with E-state index < -0.39 is 0 Å². The molecule has 1 rings (SSSR count). The van der Waals surface area contributed by atoms with Crippen molar-refractivity contribution in [1.29, 1.82) is 0 Å². The topological polar surface area (TPSA) is 55.8 Å². The molecule has 0 aromatic heterocycles. The van der Waals surface area contributed by atoms with Crippen LogP contribution in [0.2, 0.25) is 0 Å². The summed E-state index contributed by atoms with van der Waals surface area (Å²) in [6.07, 6.45) is 2.48. The summed E-state index contributed by atoms with van der Waals surface area (Å²) in [5.74, 6) is 0.527. The number of carbonyl (C=O) groups excluding carboxylic acids is 2. The van der Waals surface area contributed by atoms with Crippen molar-refractivity contribution in [3.63, 3.8) is 0 Å². The average molecular weight is 214 g/mol. The van der Waals surface area contributed by atoms with Crippen LogP contribution in [0.25, 0.3) is 0 Å². The van der Waals surface area contributed by atoms with Crippen molar-refractivity contribution in [3.8, 4) is 0 Å². The van der Waals surface area contributed by atoms with Gasteiger partial charge in [-0.05, 0) is 25.2 Å². The second-order valence-electron chi connectivity index (χ2n) is 3.62. The smallest absolute Gasteiger partial charge is 0.417 e. The van der Waals surface area contributed by atoms with E-state index in [4.69, 9.17) is 0 Å². The highest BCUT2D eigenvalue weighted by atomic mass is 16.5. The van der Waals surface area contributed by atoms with Gasteiger partial charge in [-0.15, -0.1) is 0 Å². The summed E-state index contributed by atoms with van der Waals surface area (Å²) in [6, 6.07) is 0. The van der Waals surface area contributed by atoms with E-state index in [2.05, 4.69) is 9.47 Å². The molecular formula is C10H16NO4. The summed E-state index contributed by atoms with van der Waals surface area (Å²) in [7, 11) is 1.39. The molecular weight excluding hydrogens is 198 g/mol. The van der Waals surface area contributed by atoms with Crippen molar-refractivity contribution < 1.29 is 19.1 Å². The van der Waals surface area contributed by atoms with Crippen LogP contribution < -0.4 is 0 Å². The number of hydrogen-bond donors (Lipinski definition) is 0. The lowest BCUT2D eigenvalue weighted by atomic mass is 9.94. The zero-order valence-electron chi connectivity index (χ0n) is 8.90. The Kier molecular flexibility index (Phi) is 4.93. The number of rotatable bonds is 4. The molecule has 1 radical (unpaired) electrons. The van der Waals surface area contributed by atoms with Crippen LogP contribution in [0.15, 0.2) is 0 Å². The van der Waals surface area contributed by atoms with Crippen molar-refractivity contribution in [2.45, 2.75) is 19.3 Å². The zero-order valence-corrected chi connectivity index (χ0v) is 8.90. The van der Waals surface area contributed by atoms with Crippen LogP contribution in [0.3, 0.4) is 0 Å². The fourth-order valence-corrected chi connectivity index (χ4v) is 1.80. The summed E-state index contributed by atoms with van der Waals surface area (Å²) >= 11 is 0. The minimum absolute atomic E-state index is 0.258. The van der Waals surface area contributed by atoms with Crippen molar-refractivity contribution in [2.24, 2.45) is 5.92 Å². The standard InChI is InChI=1S/C10H16NO4/c1-14-10(13)11-5-2-9(3-6-11)4-7-15-8-12/h9H,2-7H2,1H3. The van der Waals surface area contributed by atoms with Gasteiger partial charge in [-0.25, -0.2) is 9.59 Å². The van der Waals surface area contributed by atoms with Gasteiger partial charge >= 0.3 is 12.6 Å². The van der Waals surface area contributed by atoms with Gasteiger partial charge in [-0.3, -0.25) is 0 Å². The maximum Gasteiger partial charge on any atom is 0.417 e. The van der Waals surface area contributed by atoms with Crippen molar-refractivity contribution in [2.75, 3.05) is 26.8 Å². The van der Waals surface area contributed by atoms with E-state index in [-0.39, 0.29) is 6.09 Å². The first-order valence-corrected chi connectivity index (χ1v) is 5.09. The van der Waals surface area contributed by atoms with Gasteiger partial charge in [0.05, 0.1) is 13.7 Å². The molecule has 1 aliphatic rings. The lowest BCUT2D eigenvalue weighted by molar-refractivity contribution is 0.102. The lowest BCUT2D eigenvalue weighted by Crippen LogP contribution is -2.38. The Balaban J connectivity index is 2.17. The van der Waals surface area contributed by atoms with Crippen LogP contribution in [0.5, 0.6) is 0 Å². The fourth-order valence-electron chi connectivity index (χ4n) is 1.80. The molecule has 5 nitrogen and oxygen atoms in total. The van der Waals surface area contributed by atoms with Crippen LogP contribution in [0, 0.1) is 5.92 Å². The highest BCUT2D eigenvalue weighted by molar-refractivity contribution is 5.67. The Labute approximate surface area is 89.3 Å². The first-order valence-electron chi connectivity index (χ1n) is 5.09. The van der Waals surface area contributed by atoms with Crippen LogP contribution in [-0.2, 0) is 14.3 Å². The molecule has 0 saturated carbocycles. The first kappa shape index (κ1) is 11.8. The van der Waals surface area contributed by atoms with E-state index in [1.54, 1.807) is 4.90 Å². The predicted molar refractivity (Wildman–Crippen MR) is 53.0 cm³/mol.